The molecule has 0 atom stereocenters. The molecule has 1 heterocycles. The summed E-state index contributed by atoms with van der Waals surface area (Å²) in [7, 11) is 1.50. The van der Waals surface area contributed by atoms with Crippen molar-refractivity contribution in [1.82, 2.24) is 0 Å². The van der Waals surface area contributed by atoms with Gasteiger partial charge in [-0.1, -0.05) is 17.7 Å². The van der Waals surface area contributed by atoms with Crippen molar-refractivity contribution in [2.75, 3.05) is 19.0 Å². The van der Waals surface area contributed by atoms with Gasteiger partial charge in [0, 0.05) is 53.5 Å². The molecule has 0 fully saturated rings. The van der Waals surface area contributed by atoms with Gasteiger partial charge in [0.1, 0.15) is 11.5 Å². The zero-order valence-electron chi connectivity index (χ0n) is 21.1. The zero-order valence-corrected chi connectivity index (χ0v) is 23.5. The molecule has 38 heavy (non-hydrogen) atoms. The summed E-state index contributed by atoms with van der Waals surface area (Å²) < 4.78 is 18.1. The number of nitrogens with one attached hydrogen (secondary N) is 1. The molecule has 5 rings (SSSR count). The van der Waals surface area contributed by atoms with Crippen LogP contribution < -0.4 is 14.8 Å². The molecule has 198 valence electrons. The van der Waals surface area contributed by atoms with Gasteiger partial charge < -0.3 is 19.5 Å². The van der Waals surface area contributed by atoms with Crippen molar-refractivity contribution in [3.8, 4) is 11.5 Å². The van der Waals surface area contributed by atoms with Gasteiger partial charge in [0.05, 0.1) is 11.6 Å². The third-order valence-electron chi connectivity index (χ3n) is 7.03. The van der Waals surface area contributed by atoms with Gasteiger partial charge in [0.25, 0.3) is 5.91 Å². The first-order chi connectivity index (χ1) is 18.3. The van der Waals surface area contributed by atoms with Crippen LogP contribution in [-0.2, 0) is 19.1 Å². The van der Waals surface area contributed by atoms with Gasteiger partial charge in [-0.3, -0.25) is 14.4 Å². The van der Waals surface area contributed by atoms with Gasteiger partial charge in [-0.2, -0.15) is 0 Å². The molecule has 1 N–H and O–H groups in total. The highest BCUT2D eigenvalue weighted by Gasteiger charge is 2.42. The number of methoxy groups -OCH3 is 1. The number of amides is 1. The number of ether oxygens (including phenoxy) is 3. The van der Waals surface area contributed by atoms with Crippen LogP contribution in [0.5, 0.6) is 11.5 Å². The second kappa shape index (κ2) is 10.9. The van der Waals surface area contributed by atoms with Crippen molar-refractivity contribution in [2.24, 2.45) is 0 Å². The molecular formula is C29H27BrClNO6. The first-order valence-electron chi connectivity index (χ1n) is 12.5. The highest BCUT2D eigenvalue weighted by atomic mass is 79.9. The summed E-state index contributed by atoms with van der Waals surface area (Å²) in [5.74, 6) is 1.18. The van der Waals surface area contributed by atoms with E-state index in [1.165, 1.54) is 7.11 Å². The molecule has 1 aliphatic heterocycles. The van der Waals surface area contributed by atoms with Crippen molar-refractivity contribution in [1.29, 1.82) is 0 Å². The smallest absolute Gasteiger partial charge is 0.262 e. The lowest BCUT2D eigenvalue weighted by Gasteiger charge is -2.36. The predicted octanol–water partition coefficient (Wildman–Crippen LogP) is 6.57. The maximum absolute atomic E-state index is 13.1. The Morgan fingerprint density at radius 3 is 2.32 bits per heavy atom. The Bertz CT molecular complexity index is 1370. The maximum atomic E-state index is 13.1. The molecule has 0 spiro atoms. The van der Waals surface area contributed by atoms with Crippen LogP contribution in [0.2, 0.25) is 5.02 Å². The quantitative estimate of drug-likeness (QED) is 0.404. The molecule has 0 radical (unpaired) electrons. The summed E-state index contributed by atoms with van der Waals surface area (Å²) in [6.45, 7) is 1.62. The number of aryl methyl sites for hydroxylation is 1. The van der Waals surface area contributed by atoms with E-state index in [9.17, 15) is 14.4 Å². The Balaban J connectivity index is 1.44. The number of carbonyl (C=O) groups is 3. The number of halogens is 2. The van der Waals surface area contributed by atoms with E-state index in [2.05, 4.69) is 21.2 Å². The number of allylic oxidation sites excluding steroid dienone is 4. The molecule has 0 unspecified atom stereocenters. The molecule has 9 heteroatoms. The highest BCUT2D eigenvalue weighted by Crippen LogP contribution is 2.50. The van der Waals surface area contributed by atoms with Crippen LogP contribution in [-0.4, -0.2) is 31.2 Å². The van der Waals surface area contributed by atoms with Crippen molar-refractivity contribution in [2.45, 2.75) is 51.4 Å². The lowest BCUT2D eigenvalue weighted by molar-refractivity contribution is -0.119. The number of benzene rings is 2. The Hall–Kier alpha value is -3.10. The minimum Gasteiger partial charge on any atom is -0.493 e. The fourth-order valence-corrected chi connectivity index (χ4v) is 5.96. The van der Waals surface area contributed by atoms with Gasteiger partial charge in [0.2, 0.25) is 0 Å². The fourth-order valence-electron chi connectivity index (χ4n) is 5.20. The molecule has 2 aliphatic carbocycles. The summed E-state index contributed by atoms with van der Waals surface area (Å²) in [6, 6.07) is 8.86. The topological polar surface area (TPSA) is 90.9 Å². The van der Waals surface area contributed by atoms with Gasteiger partial charge >= 0.3 is 0 Å². The Labute approximate surface area is 234 Å². The third-order valence-corrected chi connectivity index (χ3v) is 8.03. The minimum atomic E-state index is -0.525. The van der Waals surface area contributed by atoms with Crippen LogP contribution in [0.25, 0.3) is 0 Å². The molecule has 0 bridgehead atoms. The van der Waals surface area contributed by atoms with Gasteiger partial charge in [-0.15, -0.1) is 0 Å². The van der Waals surface area contributed by atoms with E-state index >= 15 is 0 Å². The molecule has 3 aliphatic rings. The van der Waals surface area contributed by atoms with Crippen molar-refractivity contribution >= 4 is 50.7 Å². The van der Waals surface area contributed by atoms with E-state index in [0.29, 0.717) is 75.0 Å². The van der Waals surface area contributed by atoms with E-state index in [1.807, 2.05) is 19.1 Å². The van der Waals surface area contributed by atoms with E-state index in [0.717, 1.165) is 24.0 Å². The van der Waals surface area contributed by atoms with E-state index in [-0.39, 0.29) is 24.1 Å². The standard InChI is InChI=1S/C29H27BrClNO6/c1-15-9-10-17(13-19(15)31)32-25(35)14-37-29-18(30)11-16(12-24(29)36-2)26-27-20(33)5-3-7-22(27)38-23-8-4-6-21(34)28(23)26/h9-13,26H,3-8,14H2,1-2H3,(H,32,35). The predicted molar refractivity (Wildman–Crippen MR) is 147 cm³/mol. The van der Waals surface area contributed by atoms with Crippen molar-refractivity contribution in [3.63, 3.8) is 0 Å². The van der Waals surface area contributed by atoms with Crippen LogP contribution >= 0.6 is 27.5 Å². The first-order valence-corrected chi connectivity index (χ1v) is 13.7. The molecule has 0 saturated heterocycles. The normalized spacial score (nSPS) is 17.6. The molecule has 2 aromatic carbocycles. The van der Waals surface area contributed by atoms with Gasteiger partial charge in [0.15, 0.2) is 29.7 Å². The maximum Gasteiger partial charge on any atom is 0.262 e. The number of rotatable bonds is 6. The third kappa shape index (κ3) is 5.12. The summed E-state index contributed by atoms with van der Waals surface area (Å²) in [4.78, 5) is 38.7. The molecular weight excluding hydrogens is 574 g/mol. The SMILES string of the molecule is COc1cc(C2C3=C(CCCC3=O)OC3=C2C(=O)CCC3)cc(Br)c1OCC(=O)Nc1ccc(C)c(Cl)c1. The summed E-state index contributed by atoms with van der Waals surface area (Å²) in [6.07, 6.45) is 3.66. The van der Waals surface area contributed by atoms with E-state index < -0.39 is 5.92 Å². The average molecular weight is 601 g/mol. The minimum absolute atomic E-state index is 0.00414. The second-order valence-electron chi connectivity index (χ2n) is 9.60. The average Bonchev–Trinajstić information content (AvgIpc) is 2.89. The van der Waals surface area contributed by atoms with E-state index in [1.54, 1.807) is 18.2 Å². The summed E-state index contributed by atoms with van der Waals surface area (Å²) >= 11 is 9.71. The molecule has 0 saturated carbocycles. The van der Waals surface area contributed by atoms with Crippen LogP contribution in [0, 0.1) is 6.92 Å². The number of hydrogen-bond acceptors (Lipinski definition) is 6. The van der Waals surface area contributed by atoms with Gasteiger partial charge in [-0.25, -0.2) is 0 Å². The van der Waals surface area contributed by atoms with Crippen molar-refractivity contribution < 1.29 is 28.6 Å². The van der Waals surface area contributed by atoms with Crippen LogP contribution in [0.4, 0.5) is 5.69 Å². The Morgan fingerprint density at radius 1 is 1.05 bits per heavy atom. The van der Waals surface area contributed by atoms with E-state index in [4.69, 9.17) is 25.8 Å². The largest absolute Gasteiger partial charge is 0.493 e. The monoisotopic (exact) mass is 599 g/mol. The lowest BCUT2D eigenvalue weighted by Crippen LogP contribution is -2.30. The Morgan fingerprint density at radius 2 is 1.71 bits per heavy atom. The lowest BCUT2D eigenvalue weighted by atomic mass is 9.73. The second-order valence-corrected chi connectivity index (χ2v) is 10.9. The molecule has 7 nitrogen and oxygen atoms in total. The molecule has 1 amide bonds. The fraction of sp³-hybridized carbons (Fsp3) is 0.345. The Kier molecular flexibility index (Phi) is 7.63. The van der Waals surface area contributed by atoms with Gasteiger partial charge in [-0.05, 0) is 71.1 Å². The highest BCUT2D eigenvalue weighted by molar-refractivity contribution is 9.10. The summed E-state index contributed by atoms with van der Waals surface area (Å²) in [5, 5.41) is 3.32. The number of anilines is 1. The van der Waals surface area contributed by atoms with Crippen molar-refractivity contribution in [3.05, 3.63) is 73.6 Å². The van der Waals surface area contributed by atoms with Crippen LogP contribution in [0.1, 0.15) is 55.6 Å². The number of Topliss-reactive ketones (excluding diaryl/α,β-unsaturated/α-hetero) is 2. The van der Waals surface area contributed by atoms with Crippen LogP contribution in [0.3, 0.4) is 0 Å². The zero-order chi connectivity index (χ0) is 27.0. The number of carbonyl (C=O) groups excluding carboxylic acids is 3. The molecule has 2 aromatic rings. The summed E-state index contributed by atoms with van der Waals surface area (Å²) in [5.41, 5.74) is 3.33. The molecule has 0 aromatic heterocycles. The van der Waals surface area contributed by atoms with Crippen LogP contribution in [0.15, 0.2) is 57.5 Å². The number of ketones is 2. The number of hydrogen-bond donors (Lipinski definition) is 1. The first kappa shape index (κ1) is 26.5.